The van der Waals surface area contributed by atoms with Crippen molar-refractivity contribution in [1.29, 1.82) is 0 Å². The Kier molecular flexibility index (Phi) is 13.2. The smallest absolute Gasteiger partial charge is 0.326 e. The summed E-state index contributed by atoms with van der Waals surface area (Å²) in [7, 11) is 0. The maximum atomic E-state index is 12.6. The molecule has 16 nitrogen and oxygen atoms in total. The Hall–Kier alpha value is -3.95. The van der Waals surface area contributed by atoms with Crippen LogP contribution in [0.15, 0.2) is 4.99 Å². The van der Waals surface area contributed by atoms with Gasteiger partial charge in [-0.05, 0) is 19.3 Å². The molecule has 0 aromatic heterocycles. The van der Waals surface area contributed by atoms with Gasteiger partial charge in [0.25, 0.3) is 0 Å². The highest BCUT2D eigenvalue weighted by Gasteiger charge is 2.30. The Bertz CT molecular complexity index is 768. The van der Waals surface area contributed by atoms with Gasteiger partial charge in [-0.2, -0.15) is 0 Å². The topological polar surface area (TPSA) is 295 Å². The average Bonchev–Trinajstić information content (AvgIpc) is 2.71. The Balaban J connectivity index is 5.36. The molecule has 0 saturated heterocycles. The molecule has 0 aromatic rings. The van der Waals surface area contributed by atoms with Crippen LogP contribution in [0.5, 0.6) is 0 Å². The van der Waals surface area contributed by atoms with Gasteiger partial charge in [-0.25, -0.2) is 4.79 Å². The number of nitrogens with one attached hydrogen (secondary N) is 3. The third-order valence-electron chi connectivity index (χ3n) is 4.09. The van der Waals surface area contributed by atoms with Crippen LogP contribution in [0.4, 0.5) is 0 Å². The van der Waals surface area contributed by atoms with E-state index < -0.39 is 66.7 Å². The minimum absolute atomic E-state index is 0.0839. The quantitative estimate of drug-likeness (QED) is 0.0581. The number of nitrogens with two attached hydrogens (primary N) is 4. The van der Waals surface area contributed by atoms with Gasteiger partial charge in [-0.1, -0.05) is 0 Å². The lowest BCUT2D eigenvalue weighted by Crippen LogP contribution is -2.56. The van der Waals surface area contributed by atoms with E-state index in [0.29, 0.717) is 0 Å². The first kappa shape index (κ1) is 29.1. The SMILES string of the molecule is NCC(=O)NC(CCC(N)=O)C(=O)NC(CC(=O)O)C(=O)NC(CCCN=C(N)N)C(=O)O. The minimum Gasteiger partial charge on any atom is -0.481 e. The van der Waals surface area contributed by atoms with Crippen molar-refractivity contribution in [2.45, 2.75) is 50.2 Å². The van der Waals surface area contributed by atoms with Crippen LogP contribution in [0, 0.1) is 0 Å². The van der Waals surface area contributed by atoms with Crippen molar-refractivity contribution in [2.75, 3.05) is 13.1 Å². The van der Waals surface area contributed by atoms with Crippen molar-refractivity contribution in [2.24, 2.45) is 27.9 Å². The highest BCUT2D eigenvalue weighted by Crippen LogP contribution is 2.04. The predicted octanol–water partition coefficient (Wildman–Crippen LogP) is -4.72. The summed E-state index contributed by atoms with van der Waals surface area (Å²) in [6.07, 6.45) is -1.32. The number of carboxylic acid groups (broad SMARTS) is 2. The van der Waals surface area contributed by atoms with Gasteiger partial charge in [0, 0.05) is 13.0 Å². The fraction of sp³-hybridized carbons (Fsp3) is 0.588. The summed E-state index contributed by atoms with van der Waals surface area (Å²) in [4.78, 5) is 74.0. The third kappa shape index (κ3) is 13.1. The van der Waals surface area contributed by atoms with Crippen LogP contribution >= 0.6 is 0 Å². The van der Waals surface area contributed by atoms with E-state index in [1.54, 1.807) is 0 Å². The van der Waals surface area contributed by atoms with E-state index in [4.69, 9.17) is 28.0 Å². The molecule has 0 aliphatic carbocycles. The number of carboxylic acids is 2. The number of carbonyl (C=O) groups excluding carboxylic acids is 4. The lowest BCUT2D eigenvalue weighted by atomic mass is 10.1. The second kappa shape index (κ2) is 15.0. The van der Waals surface area contributed by atoms with E-state index in [9.17, 15) is 33.9 Å². The zero-order valence-corrected chi connectivity index (χ0v) is 17.8. The number of guanidine groups is 1. The highest BCUT2D eigenvalue weighted by atomic mass is 16.4. The van der Waals surface area contributed by atoms with Crippen LogP contribution in [-0.2, 0) is 28.8 Å². The molecular weight excluding hydrogens is 444 g/mol. The molecule has 0 aliphatic rings. The van der Waals surface area contributed by atoms with Crippen LogP contribution in [0.25, 0.3) is 0 Å². The van der Waals surface area contributed by atoms with E-state index in [2.05, 4.69) is 20.9 Å². The minimum atomic E-state index is -1.68. The molecule has 0 aromatic carbocycles. The zero-order valence-electron chi connectivity index (χ0n) is 17.8. The average molecular weight is 474 g/mol. The van der Waals surface area contributed by atoms with Gasteiger partial charge in [-0.15, -0.1) is 0 Å². The first-order valence-electron chi connectivity index (χ1n) is 9.75. The summed E-state index contributed by atoms with van der Waals surface area (Å²) in [6, 6.07) is -4.43. The molecule has 0 radical (unpaired) electrons. The summed E-state index contributed by atoms with van der Waals surface area (Å²) in [5, 5.41) is 24.9. The second-order valence-corrected chi connectivity index (χ2v) is 6.84. The van der Waals surface area contributed by atoms with E-state index in [1.165, 1.54) is 0 Å². The van der Waals surface area contributed by atoms with Crippen molar-refractivity contribution in [3.8, 4) is 0 Å². The molecular formula is C17H30N8O8. The number of amides is 4. The van der Waals surface area contributed by atoms with E-state index in [1.807, 2.05) is 0 Å². The van der Waals surface area contributed by atoms with Crippen LogP contribution in [0.1, 0.15) is 32.1 Å². The van der Waals surface area contributed by atoms with Crippen molar-refractivity contribution in [3.05, 3.63) is 0 Å². The molecule has 13 N–H and O–H groups in total. The third-order valence-corrected chi connectivity index (χ3v) is 4.09. The van der Waals surface area contributed by atoms with Gasteiger partial charge < -0.3 is 49.1 Å². The molecule has 0 aliphatic heterocycles. The molecule has 0 spiro atoms. The summed E-state index contributed by atoms with van der Waals surface area (Å²) in [5.74, 6) is -6.64. The van der Waals surface area contributed by atoms with Gasteiger partial charge in [0.15, 0.2) is 5.96 Å². The van der Waals surface area contributed by atoms with Gasteiger partial charge in [0.1, 0.15) is 18.1 Å². The van der Waals surface area contributed by atoms with Crippen LogP contribution in [0.2, 0.25) is 0 Å². The fourth-order valence-corrected chi connectivity index (χ4v) is 2.50. The maximum absolute atomic E-state index is 12.6. The van der Waals surface area contributed by atoms with Crippen LogP contribution in [0.3, 0.4) is 0 Å². The number of hydrogen-bond donors (Lipinski definition) is 9. The summed E-state index contributed by atoms with van der Waals surface area (Å²) in [6.45, 7) is -0.376. The largest absolute Gasteiger partial charge is 0.481 e. The number of aliphatic carboxylic acids is 2. The second-order valence-electron chi connectivity index (χ2n) is 6.84. The van der Waals surface area contributed by atoms with Gasteiger partial charge in [-0.3, -0.25) is 29.0 Å². The molecule has 186 valence electrons. The molecule has 0 bridgehead atoms. The number of aliphatic imine (C=N–C) groups is 1. The van der Waals surface area contributed by atoms with Crippen LogP contribution in [-0.4, -0.2) is 83.0 Å². The standard InChI is InChI=1S/C17H30N8O8/c18-7-12(27)23-8(3-4-11(19)26)14(30)25-10(6-13(28)29)15(31)24-9(16(32)33)2-1-5-22-17(20)21/h8-10H,1-7,18H2,(H2,19,26)(H,23,27)(H,24,31)(H,25,30)(H,28,29)(H,32,33)(H4,20,21,22). The lowest BCUT2D eigenvalue weighted by Gasteiger charge is -2.23. The molecule has 16 heteroatoms. The zero-order chi connectivity index (χ0) is 25.6. The Morgan fingerprint density at radius 3 is 1.88 bits per heavy atom. The first-order valence-corrected chi connectivity index (χ1v) is 9.75. The van der Waals surface area contributed by atoms with E-state index in [-0.39, 0.29) is 38.2 Å². The van der Waals surface area contributed by atoms with Crippen LogP contribution < -0.4 is 38.9 Å². The Labute approximate surface area is 188 Å². The monoisotopic (exact) mass is 474 g/mol. The summed E-state index contributed by atoms with van der Waals surface area (Å²) < 4.78 is 0. The Morgan fingerprint density at radius 2 is 1.39 bits per heavy atom. The molecule has 0 rings (SSSR count). The number of rotatable bonds is 16. The summed E-state index contributed by atoms with van der Waals surface area (Å²) >= 11 is 0. The fourth-order valence-electron chi connectivity index (χ4n) is 2.50. The van der Waals surface area contributed by atoms with Gasteiger partial charge >= 0.3 is 11.9 Å². The maximum Gasteiger partial charge on any atom is 0.326 e. The predicted molar refractivity (Wildman–Crippen MR) is 113 cm³/mol. The Morgan fingerprint density at radius 1 is 0.818 bits per heavy atom. The van der Waals surface area contributed by atoms with Crippen molar-refractivity contribution in [1.82, 2.24) is 16.0 Å². The van der Waals surface area contributed by atoms with Crippen molar-refractivity contribution >= 4 is 41.5 Å². The summed E-state index contributed by atoms with van der Waals surface area (Å²) in [5.41, 5.74) is 20.6. The number of hydrogen-bond acceptors (Lipinski definition) is 8. The molecule has 0 fully saturated rings. The molecule has 3 unspecified atom stereocenters. The molecule has 0 saturated carbocycles. The molecule has 33 heavy (non-hydrogen) atoms. The van der Waals surface area contributed by atoms with Gasteiger partial charge in [0.2, 0.25) is 23.6 Å². The lowest BCUT2D eigenvalue weighted by molar-refractivity contribution is -0.143. The van der Waals surface area contributed by atoms with E-state index >= 15 is 0 Å². The number of carbonyl (C=O) groups is 6. The highest BCUT2D eigenvalue weighted by molar-refractivity contribution is 5.95. The van der Waals surface area contributed by atoms with Crippen molar-refractivity contribution in [3.63, 3.8) is 0 Å². The molecule has 3 atom stereocenters. The first-order chi connectivity index (χ1) is 15.4. The normalized spacial score (nSPS) is 13.0. The van der Waals surface area contributed by atoms with Crippen molar-refractivity contribution < 1.29 is 39.0 Å². The molecule has 4 amide bonds. The number of primary amides is 1. The molecule has 0 heterocycles. The van der Waals surface area contributed by atoms with E-state index in [0.717, 1.165) is 0 Å². The number of nitrogens with zero attached hydrogens (tertiary/aromatic N) is 1. The van der Waals surface area contributed by atoms with Gasteiger partial charge in [0.05, 0.1) is 13.0 Å².